The standard InChI is InChI=1S/C12H12O6S/c1-18-10(13)2-3-19-9-5-7(11(14)15)4-8(6-9)12(16)17/h4-6H,2-3H2,1H3,(H,14,15)(H,16,17). The second-order valence-corrected chi connectivity index (χ2v) is 4.70. The average Bonchev–Trinajstić information content (AvgIpc) is 2.38. The van der Waals surface area contributed by atoms with E-state index in [1.54, 1.807) is 0 Å². The predicted octanol–water partition coefficient (Wildman–Crippen LogP) is 1.74. The molecule has 0 spiro atoms. The van der Waals surface area contributed by atoms with Crippen LogP contribution in [0.5, 0.6) is 0 Å². The largest absolute Gasteiger partial charge is 0.478 e. The molecule has 7 heteroatoms. The Hall–Kier alpha value is -2.02. The van der Waals surface area contributed by atoms with E-state index in [1.807, 2.05) is 0 Å². The van der Waals surface area contributed by atoms with Crippen molar-refractivity contribution in [2.24, 2.45) is 0 Å². The first-order valence-corrected chi connectivity index (χ1v) is 6.24. The third-order valence-corrected chi connectivity index (χ3v) is 3.18. The second-order valence-electron chi connectivity index (χ2n) is 3.53. The Morgan fingerprint density at radius 3 is 2.05 bits per heavy atom. The molecule has 1 rings (SSSR count). The van der Waals surface area contributed by atoms with Crippen LogP contribution in [0.1, 0.15) is 27.1 Å². The first-order valence-electron chi connectivity index (χ1n) is 5.25. The van der Waals surface area contributed by atoms with Crippen LogP contribution in [0.4, 0.5) is 0 Å². The summed E-state index contributed by atoms with van der Waals surface area (Å²) in [5, 5.41) is 17.8. The molecule has 0 atom stereocenters. The van der Waals surface area contributed by atoms with Crippen molar-refractivity contribution in [1.29, 1.82) is 0 Å². The average molecular weight is 284 g/mol. The fourth-order valence-corrected chi connectivity index (χ4v) is 2.21. The SMILES string of the molecule is COC(=O)CCSc1cc(C(=O)O)cc(C(=O)O)c1. The van der Waals surface area contributed by atoms with Gasteiger partial charge in [-0.3, -0.25) is 4.79 Å². The highest BCUT2D eigenvalue weighted by Gasteiger charge is 2.12. The Balaban J connectivity index is 2.85. The van der Waals surface area contributed by atoms with Crippen LogP contribution in [0.25, 0.3) is 0 Å². The number of aromatic carboxylic acids is 2. The molecule has 102 valence electrons. The first kappa shape index (κ1) is 15.0. The first-order chi connectivity index (χ1) is 8.93. The van der Waals surface area contributed by atoms with Crippen molar-refractivity contribution in [2.75, 3.05) is 12.9 Å². The van der Waals surface area contributed by atoms with E-state index >= 15 is 0 Å². The van der Waals surface area contributed by atoms with Gasteiger partial charge in [-0.1, -0.05) is 0 Å². The van der Waals surface area contributed by atoms with Crippen molar-refractivity contribution in [3.63, 3.8) is 0 Å². The van der Waals surface area contributed by atoms with Gasteiger partial charge in [-0.2, -0.15) is 0 Å². The number of ether oxygens (including phenoxy) is 1. The number of carboxylic acid groups (broad SMARTS) is 2. The quantitative estimate of drug-likeness (QED) is 0.606. The fraction of sp³-hybridized carbons (Fsp3) is 0.250. The molecule has 6 nitrogen and oxygen atoms in total. The number of hydrogen-bond acceptors (Lipinski definition) is 5. The molecule has 0 radical (unpaired) electrons. The number of carboxylic acids is 2. The molecule has 0 amide bonds. The van der Waals surface area contributed by atoms with E-state index in [-0.39, 0.29) is 23.5 Å². The van der Waals surface area contributed by atoms with E-state index in [9.17, 15) is 14.4 Å². The molecule has 2 N–H and O–H groups in total. The van der Waals surface area contributed by atoms with E-state index in [4.69, 9.17) is 10.2 Å². The number of carbonyl (C=O) groups is 3. The molecule has 1 aromatic carbocycles. The number of thioether (sulfide) groups is 1. The maximum Gasteiger partial charge on any atom is 0.335 e. The van der Waals surface area contributed by atoms with Crippen molar-refractivity contribution in [3.05, 3.63) is 29.3 Å². The lowest BCUT2D eigenvalue weighted by Gasteiger charge is -2.05. The summed E-state index contributed by atoms with van der Waals surface area (Å²) >= 11 is 1.20. The van der Waals surface area contributed by atoms with Crippen LogP contribution in [-0.4, -0.2) is 41.0 Å². The molecule has 0 aliphatic heterocycles. The molecule has 0 aliphatic rings. The molecular formula is C12H12O6S. The van der Waals surface area contributed by atoms with Crippen molar-refractivity contribution in [2.45, 2.75) is 11.3 Å². The van der Waals surface area contributed by atoms with Gasteiger partial charge >= 0.3 is 17.9 Å². The molecule has 0 aliphatic carbocycles. The van der Waals surface area contributed by atoms with E-state index in [2.05, 4.69) is 4.74 Å². The third-order valence-electron chi connectivity index (χ3n) is 2.20. The number of esters is 1. The zero-order chi connectivity index (χ0) is 14.4. The Bertz CT molecular complexity index is 479. The van der Waals surface area contributed by atoms with Gasteiger partial charge in [0.1, 0.15) is 0 Å². The monoisotopic (exact) mass is 284 g/mol. The van der Waals surface area contributed by atoms with Gasteiger partial charge in [0.25, 0.3) is 0 Å². The van der Waals surface area contributed by atoms with E-state index in [0.29, 0.717) is 10.6 Å². The van der Waals surface area contributed by atoms with Crippen LogP contribution >= 0.6 is 11.8 Å². The maximum atomic E-state index is 10.9. The number of rotatable bonds is 6. The van der Waals surface area contributed by atoms with Gasteiger partial charge in [0.15, 0.2) is 0 Å². The molecule has 0 heterocycles. The Morgan fingerprint density at radius 1 is 1.11 bits per heavy atom. The van der Waals surface area contributed by atoms with Gasteiger partial charge in [0.05, 0.1) is 24.7 Å². The summed E-state index contributed by atoms with van der Waals surface area (Å²) in [7, 11) is 1.28. The summed E-state index contributed by atoms with van der Waals surface area (Å²) in [4.78, 5) is 33.2. The van der Waals surface area contributed by atoms with Gasteiger partial charge in [-0.25, -0.2) is 9.59 Å². The van der Waals surface area contributed by atoms with Crippen LogP contribution in [0.2, 0.25) is 0 Å². The minimum atomic E-state index is -1.20. The summed E-state index contributed by atoms with van der Waals surface area (Å²) in [6.07, 6.45) is 0.168. The minimum absolute atomic E-state index is 0.0968. The summed E-state index contributed by atoms with van der Waals surface area (Å²) in [5.41, 5.74) is -0.194. The zero-order valence-electron chi connectivity index (χ0n) is 10.1. The number of methoxy groups -OCH3 is 1. The molecule has 0 aromatic heterocycles. The van der Waals surface area contributed by atoms with E-state index in [0.717, 1.165) is 6.07 Å². The second kappa shape index (κ2) is 6.79. The van der Waals surface area contributed by atoms with Crippen molar-refractivity contribution < 1.29 is 29.3 Å². The number of hydrogen-bond donors (Lipinski definition) is 2. The fourth-order valence-electron chi connectivity index (χ4n) is 1.28. The van der Waals surface area contributed by atoms with Crippen LogP contribution in [0.3, 0.4) is 0 Å². The highest BCUT2D eigenvalue weighted by molar-refractivity contribution is 7.99. The Morgan fingerprint density at radius 2 is 1.63 bits per heavy atom. The lowest BCUT2D eigenvalue weighted by Crippen LogP contribution is -2.04. The summed E-state index contributed by atoms with van der Waals surface area (Å²) in [6.45, 7) is 0. The Kier molecular flexibility index (Phi) is 5.37. The minimum Gasteiger partial charge on any atom is -0.478 e. The maximum absolute atomic E-state index is 10.9. The molecule has 0 unspecified atom stereocenters. The van der Waals surface area contributed by atoms with E-state index in [1.165, 1.54) is 31.0 Å². The lowest BCUT2D eigenvalue weighted by molar-refractivity contribution is -0.140. The molecule has 0 fully saturated rings. The van der Waals surface area contributed by atoms with Crippen LogP contribution in [0.15, 0.2) is 23.1 Å². The van der Waals surface area contributed by atoms with Crippen molar-refractivity contribution >= 4 is 29.7 Å². The van der Waals surface area contributed by atoms with Gasteiger partial charge in [-0.15, -0.1) is 11.8 Å². The summed E-state index contributed by atoms with van der Waals surface area (Å²) < 4.78 is 4.47. The van der Waals surface area contributed by atoms with Crippen LogP contribution in [0, 0.1) is 0 Å². The Labute approximate surface area is 113 Å². The molecular weight excluding hydrogens is 272 g/mol. The van der Waals surface area contributed by atoms with Crippen LogP contribution in [-0.2, 0) is 9.53 Å². The summed E-state index contributed by atoms with van der Waals surface area (Å²) in [5.74, 6) is -2.38. The molecule has 0 saturated carbocycles. The normalized spacial score (nSPS) is 9.95. The zero-order valence-corrected chi connectivity index (χ0v) is 10.9. The van der Waals surface area contributed by atoms with Crippen LogP contribution < -0.4 is 0 Å². The highest BCUT2D eigenvalue weighted by Crippen LogP contribution is 2.22. The smallest absolute Gasteiger partial charge is 0.335 e. The molecule has 1 aromatic rings. The topological polar surface area (TPSA) is 101 Å². The number of carbonyl (C=O) groups excluding carboxylic acids is 1. The van der Waals surface area contributed by atoms with Crippen molar-refractivity contribution in [1.82, 2.24) is 0 Å². The number of benzene rings is 1. The predicted molar refractivity (Wildman–Crippen MR) is 67.7 cm³/mol. The third kappa shape index (κ3) is 4.63. The van der Waals surface area contributed by atoms with Gasteiger partial charge in [-0.05, 0) is 18.2 Å². The van der Waals surface area contributed by atoms with Gasteiger partial charge < -0.3 is 14.9 Å². The van der Waals surface area contributed by atoms with E-state index < -0.39 is 11.9 Å². The molecule has 0 saturated heterocycles. The van der Waals surface area contributed by atoms with Gasteiger partial charge in [0.2, 0.25) is 0 Å². The highest BCUT2D eigenvalue weighted by atomic mass is 32.2. The van der Waals surface area contributed by atoms with Crippen molar-refractivity contribution in [3.8, 4) is 0 Å². The lowest BCUT2D eigenvalue weighted by atomic mass is 10.1. The molecule has 0 bridgehead atoms. The van der Waals surface area contributed by atoms with Gasteiger partial charge in [0, 0.05) is 10.6 Å². The molecule has 19 heavy (non-hydrogen) atoms. The summed E-state index contributed by atoms with van der Waals surface area (Å²) in [6, 6.07) is 3.84.